The summed E-state index contributed by atoms with van der Waals surface area (Å²) in [5.41, 5.74) is 6.92. The lowest BCUT2D eigenvalue weighted by molar-refractivity contribution is -0.136. The van der Waals surface area contributed by atoms with E-state index in [1.54, 1.807) is 36.4 Å². The van der Waals surface area contributed by atoms with Crippen LogP contribution in [-0.4, -0.2) is 33.7 Å². The molecule has 5 rings (SSSR count). The fourth-order valence-corrected chi connectivity index (χ4v) is 5.70. The molecular formula is C32H32N4O5S. The second-order valence-corrected chi connectivity index (χ2v) is 10.9. The highest BCUT2D eigenvalue weighted by Gasteiger charge is 2.17. The third kappa shape index (κ3) is 7.22. The maximum absolute atomic E-state index is 12.4. The number of allylic oxidation sites excluding steroid dienone is 2. The monoisotopic (exact) mass is 584 g/mol. The van der Waals surface area contributed by atoms with Gasteiger partial charge in [-0.2, -0.15) is 5.23 Å². The van der Waals surface area contributed by atoms with Gasteiger partial charge in [-0.25, -0.2) is 4.98 Å². The maximum Gasteiger partial charge on any atom is 0.305 e. The Labute approximate surface area is 247 Å². The number of nitrogens with zero attached hydrogens (tertiary/aromatic N) is 3. The van der Waals surface area contributed by atoms with Crippen LogP contribution < -0.4 is 15.4 Å². The van der Waals surface area contributed by atoms with E-state index in [2.05, 4.69) is 40.6 Å². The lowest BCUT2D eigenvalue weighted by atomic mass is 9.93. The molecule has 9 nitrogen and oxygen atoms in total. The van der Waals surface area contributed by atoms with E-state index in [0.717, 1.165) is 40.5 Å². The number of carboxylic acids is 1. The number of carbonyl (C=O) groups is 2. The largest absolute Gasteiger partial charge is 0.694 e. The average molecular weight is 585 g/mol. The summed E-state index contributed by atoms with van der Waals surface area (Å²) in [6, 6.07) is 22.6. The molecule has 42 heavy (non-hydrogen) atoms. The summed E-state index contributed by atoms with van der Waals surface area (Å²) < 4.78 is 0. The van der Waals surface area contributed by atoms with Gasteiger partial charge in [0.1, 0.15) is 0 Å². The molecule has 216 valence electrons. The Morgan fingerprint density at radius 3 is 2.29 bits per heavy atom. The Hall–Kier alpha value is -4.51. The van der Waals surface area contributed by atoms with Crippen molar-refractivity contribution in [2.24, 2.45) is 0 Å². The minimum absolute atomic E-state index is 0.0734. The quantitative estimate of drug-likeness (QED) is 0.157. The SMILES string of the molecule is O=C(O)CCNC(=O)c1ccc(CN(c2ccc(C3=CCCCC3)cc2)c2nc(-c3ccc(N([O-])[OH2+])cc3)cs2)cc1. The van der Waals surface area contributed by atoms with Gasteiger partial charge < -0.3 is 25.7 Å². The molecule has 0 unspecified atom stereocenters. The summed E-state index contributed by atoms with van der Waals surface area (Å²) in [5.74, 6) is -1.27. The van der Waals surface area contributed by atoms with Crippen LogP contribution in [0.4, 0.5) is 16.5 Å². The molecule has 1 aromatic heterocycles. The second-order valence-electron chi connectivity index (χ2n) is 10.1. The Kier molecular flexibility index (Phi) is 9.28. The van der Waals surface area contributed by atoms with Crippen LogP contribution in [0, 0.1) is 5.21 Å². The predicted molar refractivity (Wildman–Crippen MR) is 167 cm³/mol. The van der Waals surface area contributed by atoms with E-state index in [-0.39, 0.29) is 29.8 Å². The zero-order chi connectivity index (χ0) is 29.5. The van der Waals surface area contributed by atoms with Crippen molar-refractivity contribution < 1.29 is 19.9 Å². The van der Waals surface area contributed by atoms with E-state index < -0.39 is 5.97 Å². The lowest BCUT2D eigenvalue weighted by Gasteiger charge is -2.23. The molecule has 0 saturated carbocycles. The number of rotatable bonds is 11. The molecule has 1 aliphatic rings. The molecule has 0 saturated heterocycles. The van der Waals surface area contributed by atoms with Crippen LogP contribution in [0.3, 0.4) is 0 Å². The number of nitrogens with one attached hydrogen (secondary N) is 1. The number of hydrogen-bond donors (Lipinski definition) is 2. The summed E-state index contributed by atoms with van der Waals surface area (Å²) in [6.07, 6.45) is 6.87. The Morgan fingerprint density at radius 2 is 1.64 bits per heavy atom. The lowest BCUT2D eigenvalue weighted by Crippen LogP contribution is -2.26. The zero-order valence-electron chi connectivity index (χ0n) is 23.0. The van der Waals surface area contributed by atoms with Crippen molar-refractivity contribution in [3.8, 4) is 11.3 Å². The number of carbonyl (C=O) groups excluding carboxylic acids is 1. The number of amides is 1. The highest BCUT2D eigenvalue weighted by molar-refractivity contribution is 7.14. The van der Waals surface area contributed by atoms with Gasteiger partial charge in [-0.1, -0.05) is 42.5 Å². The predicted octanol–water partition coefficient (Wildman–Crippen LogP) is 6.25. The first-order chi connectivity index (χ1) is 20.4. The maximum atomic E-state index is 12.4. The molecule has 0 fully saturated rings. The van der Waals surface area contributed by atoms with Gasteiger partial charge in [0.25, 0.3) is 5.91 Å². The molecule has 1 heterocycles. The van der Waals surface area contributed by atoms with Gasteiger partial charge >= 0.3 is 5.97 Å². The topological polar surface area (TPSA) is 132 Å². The first-order valence-corrected chi connectivity index (χ1v) is 14.7. The molecule has 1 amide bonds. The van der Waals surface area contributed by atoms with Crippen molar-refractivity contribution in [2.75, 3.05) is 16.7 Å². The minimum Gasteiger partial charge on any atom is -0.694 e. The molecule has 4 aromatic rings. The van der Waals surface area contributed by atoms with Gasteiger partial charge in [0.05, 0.1) is 24.3 Å². The van der Waals surface area contributed by atoms with Crippen LogP contribution in [0.25, 0.3) is 16.8 Å². The van der Waals surface area contributed by atoms with Gasteiger partial charge in [-0.3, -0.25) is 9.59 Å². The van der Waals surface area contributed by atoms with Crippen molar-refractivity contribution in [3.05, 3.63) is 106 Å². The molecular weight excluding hydrogens is 552 g/mol. The second kappa shape index (κ2) is 13.4. The van der Waals surface area contributed by atoms with Gasteiger partial charge in [0, 0.05) is 28.7 Å². The third-order valence-electron chi connectivity index (χ3n) is 7.14. The molecule has 0 bridgehead atoms. The number of aliphatic carboxylic acids is 1. The zero-order valence-corrected chi connectivity index (χ0v) is 23.8. The van der Waals surface area contributed by atoms with Gasteiger partial charge in [0.2, 0.25) is 0 Å². The number of benzene rings is 3. The number of aromatic nitrogens is 1. The minimum atomic E-state index is -0.960. The molecule has 3 aromatic carbocycles. The highest BCUT2D eigenvalue weighted by atomic mass is 32.1. The first kappa shape index (κ1) is 29.0. The Morgan fingerprint density at radius 1 is 0.952 bits per heavy atom. The Bertz CT molecular complexity index is 1550. The van der Waals surface area contributed by atoms with Crippen LogP contribution in [0.5, 0.6) is 0 Å². The van der Waals surface area contributed by atoms with Crippen molar-refractivity contribution in [3.63, 3.8) is 0 Å². The summed E-state index contributed by atoms with van der Waals surface area (Å²) >= 11 is 1.51. The van der Waals surface area contributed by atoms with E-state index in [4.69, 9.17) is 15.3 Å². The molecule has 0 aliphatic heterocycles. The fraction of sp³-hybridized carbons (Fsp3) is 0.219. The number of carboxylic acid groups (broad SMARTS) is 1. The number of hydrogen-bond acceptors (Lipinski definition) is 7. The third-order valence-corrected chi connectivity index (χ3v) is 8.01. The number of thiazole rings is 1. The molecule has 0 spiro atoms. The smallest absolute Gasteiger partial charge is 0.305 e. The molecule has 0 atom stereocenters. The fourth-order valence-electron chi connectivity index (χ4n) is 4.84. The van der Waals surface area contributed by atoms with Gasteiger partial charge in [0.15, 0.2) is 5.13 Å². The summed E-state index contributed by atoms with van der Waals surface area (Å²) in [4.78, 5) is 30.2. The van der Waals surface area contributed by atoms with Crippen LogP contribution in [0.1, 0.15) is 53.6 Å². The normalized spacial score (nSPS) is 12.9. The van der Waals surface area contributed by atoms with E-state index in [1.165, 1.54) is 35.3 Å². The van der Waals surface area contributed by atoms with Crippen molar-refractivity contribution in [1.29, 1.82) is 0 Å². The average Bonchev–Trinajstić information content (AvgIpc) is 3.51. The van der Waals surface area contributed by atoms with Crippen LogP contribution in [-0.2, 0) is 11.3 Å². The summed E-state index contributed by atoms with van der Waals surface area (Å²) in [6.45, 7) is 0.586. The van der Waals surface area contributed by atoms with Crippen molar-refractivity contribution >= 4 is 45.3 Å². The molecule has 1 aliphatic carbocycles. The van der Waals surface area contributed by atoms with Gasteiger partial charge in [-0.05, 0) is 78.8 Å². The standard InChI is InChI=1S/C32H31N4O5S/c37-30(38)18-19-33-31(39)26-8-6-22(7-9-26)20-35(27-14-10-24(11-15-27)23-4-2-1-3-5-23)32-34-29(21-42-32)25-12-16-28(17-13-25)36(40)41/h4,6-17,21,40H,1-3,5,18-20H2,(H,33,39)(H,37,38)/q-1/p+1. The van der Waals surface area contributed by atoms with Gasteiger partial charge in [-0.15, -0.1) is 11.3 Å². The van der Waals surface area contributed by atoms with E-state index in [0.29, 0.717) is 12.1 Å². The number of anilines is 3. The Balaban J connectivity index is 1.39. The van der Waals surface area contributed by atoms with E-state index in [1.807, 2.05) is 17.5 Å². The van der Waals surface area contributed by atoms with Crippen molar-refractivity contribution in [2.45, 2.75) is 38.6 Å². The summed E-state index contributed by atoms with van der Waals surface area (Å²) in [5, 5.41) is 32.8. The first-order valence-electron chi connectivity index (χ1n) is 13.8. The molecule has 10 heteroatoms. The molecule has 4 N–H and O–H groups in total. The van der Waals surface area contributed by atoms with Crippen molar-refractivity contribution in [1.82, 2.24) is 10.3 Å². The van der Waals surface area contributed by atoms with Crippen LogP contribution >= 0.6 is 11.3 Å². The van der Waals surface area contributed by atoms with E-state index >= 15 is 0 Å². The van der Waals surface area contributed by atoms with Crippen LogP contribution in [0.15, 0.2) is 84.3 Å². The van der Waals surface area contributed by atoms with Crippen LogP contribution in [0.2, 0.25) is 0 Å². The van der Waals surface area contributed by atoms with E-state index in [9.17, 15) is 14.8 Å². The molecule has 0 radical (unpaired) electrons. The highest BCUT2D eigenvalue weighted by Crippen LogP contribution is 2.35. The summed E-state index contributed by atoms with van der Waals surface area (Å²) in [7, 11) is 0.